The number of carbonyl (C=O) groups excluding carboxylic acids is 1. The maximum Gasteiger partial charge on any atom is 0.323 e. The first-order valence-electron chi connectivity index (χ1n) is 10.8. The lowest BCUT2D eigenvalue weighted by Crippen LogP contribution is -2.40. The van der Waals surface area contributed by atoms with E-state index in [1.165, 1.54) is 12.1 Å². The minimum Gasteiger partial charge on any atom is -0.497 e. The molecule has 0 aliphatic heterocycles. The van der Waals surface area contributed by atoms with Gasteiger partial charge in [-0.3, -0.25) is 9.59 Å². The number of rotatable bonds is 7. The summed E-state index contributed by atoms with van der Waals surface area (Å²) in [6.45, 7) is -0.155. The molecule has 1 unspecified atom stereocenters. The van der Waals surface area contributed by atoms with E-state index in [1.54, 1.807) is 22.6 Å². The molecule has 0 spiro atoms. The monoisotopic (exact) mass is 438 g/mol. The molecule has 3 aromatic rings. The quantitative estimate of drug-likeness (QED) is 0.609. The van der Waals surface area contributed by atoms with Crippen LogP contribution in [-0.2, 0) is 35.4 Å². The number of carbonyl (C=O) groups is 2. The lowest BCUT2D eigenvalue weighted by Gasteiger charge is -2.32. The van der Waals surface area contributed by atoms with Crippen molar-refractivity contribution in [2.45, 2.75) is 44.7 Å². The van der Waals surface area contributed by atoms with Crippen LogP contribution in [0.5, 0.6) is 5.75 Å². The van der Waals surface area contributed by atoms with Gasteiger partial charge in [-0.05, 0) is 67.1 Å². The van der Waals surface area contributed by atoms with Gasteiger partial charge in [-0.25, -0.2) is 4.39 Å². The third-order valence-electron chi connectivity index (χ3n) is 6.40. The Morgan fingerprint density at radius 2 is 2.06 bits per heavy atom. The number of amides is 1. The van der Waals surface area contributed by atoms with Crippen molar-refractivity contribution >= 4 is 22.8 Å². The molecule has 168 valence electrons. The fourth-order valence-corrected chi connectivity index (χ4v) is 4.71. The van der Waals surface area contributed by atoms with Crippen LogP contribution in [0.4, 0.5) is 4.39 Å². The van der Waals surface area contributed by atoms with Crippen molar-refractivity contribution in [1.82, 2.24) is 9.47 Å². The summed E-state index contributed by atoms with van der Waals surface area (Å²) < 4.78 is 21.0. The molecule has 0 fully saturated rings. The van der Waals surface area contributed by atoms with Crippen LogP contribution in [0.3, 0.4) is 0 Å². The molecule has 1 heterocycles. The van der Waals surface area contributed by atoms with Gasteiger partial charge in [0.05, 0.1) is 7.11 Å². The first-order chi connectivity index (χ1) is 15.4. The summed E-state index contributed by atoms with van der Waals surface area (Å²) in [5.41, 5.74) is 3.65. The van der Waals surface area contributed by atoms with E-state index < -0.39 is 5.97 Å². The number of fused-ring (bicyclic) bond motifs is 3. The Morgan fingerprint density at radius 1 is 1.25 bits per heavy atom. The van der Waals surface area contributed by atoms with Crippen molar-refractivity contribution in [3.05, 3.63) is 65.1 Å². The molecule has 0 saturated heterocycles. The van der Waals surface area contributed by atoms with E-state index in [1.807, 2.05) is 31.3 Å². The van der Waals surface area contributed by atoms with Gasteiger partial charge in [-0.2, -0.15) is 0 Å². The highest BCUT2D eigenvalue weighted by Crippen LogP contribution is 2.34. The Morgan fingerprint density at radius 3 is 2.81 bits per heavy atom. The van der Waals surface area contributed by atoms with E-state index in [0.717, 1.165) is 39.9 Å². The van der Waals surface area contributed by atoms with Crippen molar-refractivity contribution < 1.29 is 23.8 Å². The van der Waals surface area contributed by atoms with Crippen LogP contribution in [-0.4, -0.2) is 46.6 Å². The zero-order valence-corrected chi connectivity index (χ0v) is 18.3. The number of aryl methyl sites for hydroxylation is 1. The SMILES string of the molecule is COc1cccc(CCC(=O)N(C)C2CCc3c(c4cc(F)ccc4n3CC(=O)O)C2)c1. The van der Waals surface area contributed by atoms with Gasteiger partial charge in [0, 0.05) is 36.1 Å². The number of aromatic nitrogens is 1. The Kier molecular flexibility index (Phi) is 6.17. The van der Waals surface area contributed by atoms with Crippen LogP contribution in [0.1, 0.15) is 29.7 Å². The number of likely N-dealkylation sites (N-methyl/N-ethyl adjacent to an activating group) is 1. The largest absolute Gasteiger partial charge is 0.497 e. The van der Waals surface area contributed by atoms with Gasteiger partial charge in [0.1, 0.15) is 18.1 Å². The van der Waals surface area contributed by atoms with Gasteiger partial charge in [0.2, 0.25) is 5.91 Å². The van der Waals surface area contributed by atoms with Crippen LogP contribution in [0.15, 0.2) is 42.5 Å². The Hall–Kier alpha value is -3.35. The molecule has 4 rings (SSSR count). The standard InChI is InChI=1S/C25H27FN2O4/c1-27(24(29)11-6-16-4-3-5-19(12-16)32-2)18-8-10-23-21(14-18)20-13-17(26)7-9-22(20)28(23)15-25(30)31/h3-5,7,9,12-13,18H,6,8,10-11,14-15H2,1-2H3,(H,30,31). The average Bonchev–Trinajstić information content (AvgIpc) is 3.08. The normalized spacial score (nSPS) is 15.4. The van der Waals surface area contributed by atoms with E-state index in [-0.39, 0.29) is 24.3 Å². The number of halogens is 1. The van der Waals surface area contributed by atoms with Crippen molar-refractivity contribution in [3.63, 3.8) is 0 Å². The molecule has 32 heavy (non-hydrogen) atoms. The minimum atomic E-state index is -0.930. The second-order valence-electron chi connectivity index (χ2n) is 8.32. The molecule has 0 bridgehead atoms. The predicted molar refractivity (Wildman–Crippen MR) is 119 cm³/mol. The van der Waals surface area contributed by atoms with Crippen LogP contribution >= 0.6 is 0 Å². The van der Waals surface area contributed by atoms with Crippen molar-refractivity contribution in [1.29, 1.82) is 0 Å². The zero-order valence-electron chi connectivity index (χ0n) is 18.3. The van der Waals surface area contributed by atoms with Crippen LogP contribution < -0.4 is 4.74 Å². The summed E-state index contributed by atoms with van der Waals surface area (Å²) in [6.07, 6.45) is 3.00. The van der Waals surface area contributed by atoms with Crippen LogP contribution in [0.25, 0.3) is 10.9 Å². The van der Waals surface area contributed by atoms with E-state index >= 15 is 0 Å². The highest BCUT2D eigenvalue weighted by molar-refractivity contribution is 5.87. The fraction of sp³-hybridized carbons (Fsp3) is 0.360. The number of aliphatic carboxylic acids is 1. The van der Waals surface area contributed by atoms with Gasteiger partial charge in [-0.1, -0.05) is 12.1 Å². The summed E-state index contributed by atoms with van der Waals surface area (Å²) in [4.78, 5) is 26.1. The number of carboxylic acids is 1. The van der Waals surface area contributed by atoms with Crippen molar-refractivity contribution in [2.75, 3.05) is 14.2 Å². The molecule has 0 radical (unpaired) electrons. The molecule has 1 aliphatic carbocycles. The first-order valence-corrected chi connectivity index (χ1v) is 10.8. The predicted octanol–water partition coefficient (Wildman–Crippen LogP) is 3.82. The number of hydrogen-bond acceptors (Lipinski definition) is 3. The second kappa shape index (κ2) is 9.02. The average molecular weight is 438 g/mol. The molecule has 7 heteroatoms. The molecule has 1 atom stereocenters. The number of ether oxygens (including phenoxy) is 1. The second-order valence-corrected chi connectivity index (χ2v) is 8.32. The summed E-state index contributed by atoms with van der Waals surface area (Å²) >= 11 is 0. The third-order valence-corrected chi connectivity index (χ3v) is 6.40. The lowest BCUT2D eigenvalue weighted by atomic mass is 9.90. The number of benzene rings is 2. The highest BCUT2D eigenvalue weighted by atomic mass is 19.1. The number of carboxylic acid groups (broad SMARTS) is 1. The third kappa shape index (κ3) is 4.33. The van der Waals surface area contributed by atoms with E-state index in [0.29, 0.717) is 25.7 Å². The zero-order chi connectivity index (χ0) is 22.8. The molecule has 6 nitrogen and oxygen atoms in total. The van der Waals surface area contributed by atoms with Crippen LogP contribution in [0.2, 0.25) is 0 Å². The van der Waals surface area contributed by atoms with Crippen molar-refractivity contribution in [2.24, 2.45) is 0 Å². The molecule has 1 N–H and O–H groups in total. The van der Waals surface area contributed by atoms with Gasteiger partial charge in [0.15, 0.2) is 0 Å². The number of methoxy groups -OCH3 is 1. The maximum absolute atomic E-state index is 14.0. The Labute approximate surface area is 186 Å². The topological polar surface area (TPSA) is 71.8 Å². The summed E-state index contributed by atoms with van der Waals surface area (Å²) in [7, 11) is 3.44. The lowest BCUT2D eigenvalue weighted by molar-refractivity contribution is -0.137. The molecular formula is C25H27FN2O4. The smallest absolute Gasteiger partial charge is 0.323 e. The van der Waals surface area contributed by atoms with Gasteiger partial charge < -0.3 is 19.3 Å². The molecule has 2 aromatic carbocycles. The summed E-state index contributed by atoms with van der Waals surface area (Å²) in [5.74, 6) is -0.451. The molecular weight excluding hydrogens is 411 g/mol. The van der Waals surface area contributed by atoms with E-state index in [2.05, 4.69) is 0 Å². The van der Waals surface area contributed by atoms with Gasteiger partial charge >= 0.3 is 5.97 Å². The summed E-state index contributed by atoms with van der Waals surface area (Å²) in [6, 6.07) is 12.2. The minimum absolute atomic E-state index is 0.00699. The maximum atomic E-state index is 14.0. The summed E-state index contributed by atoms with van der Waals surface area (Å²) in [5, 5.41) is 10.1. The molecule has 0 saturated carbocycles. The van der Waals surface area contributed by atoms with Crippen LogP contribution in [0, 0.1) is 5.82 Å². The Bertz CT molecular complexity index is 1170. The number of nitrogens with zero attached hydrogens (tertiary/aromatic N) is 2. The molecule has 1 amide bonds. The fourth-order valence-electron chi connectivity index (χ4n) is 4.71. The van der Waals surface area contributed by atoms with Gasteiger partial charge in [-0.15, -0.1) is 0 Å². The first kappa shape index (κ1) is 21.9. The molecule has 1 aromatic heterocycles. The Balaban J connectivity index is 1.51. The van der Waals surface area contributed by atoms with E-state index in [9.17, 15) is 19.1 Å². The molecule has 1 aliphatic rings. The highest BCUT2D eigenvalue weighted by Gasteiger charge is 2.30. The van der Waals surface area contributed by atoms with E-state index in [4.69, 9.17) is 4.74 Å². The van der Waals surface area contributed by atoms with Gasteiger partial charge in [0.25, 0.3) is 0 Å². The van der Waals surface area contributed by atoms with Crippen molar-refractivity contribution in [3.8, 4) is 5.75 Å². The number of hydrogen-bond donors (Lipinski definition) is 1.